The van der Waals surface area contributed by atoms with E-state index in [0.717, 1.165) is 24.7 Å². The number of amidine groups is 1. The molecule has 0 radical (unpaired) electrons. The van der Waals surface area contributed by atoms with Crippen molar-refractivity contribution in [1.82, 2.24) is 5.32 Å². The summed E-state index contributed by atoms with van der Waals surface area (Å²) in [7, 11) is -2.77. The van der Waals surface area contributed by atoms with E-state index in [2.05, 4.69) is 10.3 Å². The van der Waals surface area contributed by atoms with Crippen molar-refractivity contribution in [1.29, 1.82) is 0 Å². The zero-order chi connectivity index (χ0) is 11.3. The highest BCUT2D eigenvalue weighted by Gasteiger charge is 2.29. The molecule has 0 aromatic heterocycles. The Morgan fingerprint density at radius 1 is 1.53 bits per heavy atom. The maximum atomic E-state index is 11.3. The molecule has 0 spiro atoms. The van der Waals surface area contributed by atoms with Gasteiger partial charge in [0.15, 0.2) is 15.0 Å². The van der Waals surface area contributed by atoms with E-state index in [1.807, 2.05) is 13.8 Å². The number of nitrogens with one attached hydrogen (secondary N) is 1. The molecule has 1 saturated heterocycles. The van der Waals surface area contributed by atoms with Gasteiger partial charge in [0.05, 0.1) is 11.5 Å². The van der Waals surface area contributed by atoms with E-state index in [-0.39, 0.29) is 5.25 Å². The Morgan fingerprint density at radius 2 is 2.27 bits per heavy atom. The number of hydrogen-bond acceptors (Lipinski definition) is 4. The molecule has 0 aliphatic carbocycles. The van der Waals surface area contributed by atoms with Crippen molar-refractivity contribution in [3.8, 4) is 0 Å². The van der Waals surface area contributed by atoms with Gasteiger partial charge < -0.3 is 5.32 Å². The Kier molecular flexibility index (Phi) is 4.92. The Bertz CT molecular complexity index is 325. The SMILES string of the molecule is CCN=C(NCC)S[C@H]1CCS(=O)(=O)C1. The predicted molar refractivity (Wildman–Crippen MR) is 66.3 cm³/mol. The summed E-state index contributed by atoms with van der Waals surface area (Å²) < 4.78 is 22.5. The molecule has 0 bridgehead atoms. The Labute approximate surface area is 95.8 Å². The summed E-state index contributed by atoms with van der Waals surface area (Å²) in [6.45, 7) is 5.54. The van der Waals surface area contributed by atoms with Gasteiger partial charge in [-0.05, 0) is 20.3 Å². The second-order valence-electron chi connectivity index (χ2n) is 3.45. The molecule has 0 unspecified atom stereocenters. The molecular weight excluding hydrogens is 232 g/mol. The molecular formula is C9H18N2O2S2. The molecule has 15 heavy (non-hydrogen) atoms. The lowest BCUT2D eigenvalue weighted by atomic mass is 10.4. The molecule has 1 N–H and O–H groups in total. The summed E-state index contributed by atoms with van der Waals surface area (Å²) in [6.07, 6.45) is 0.751. The normalized spacial score (nSPS) is 25.5. The van der Waals surface area contributed by atoms with Crippen LogP contribution in [0.15, 0.2) is 4.99 Å². The van der Waals surface area contributed by atoms with Crippen LogP contribution >= 0.6 is 11.8 Å². The average molecular weight is 250 g/mol. The van der Waals surface area contributed by atoms with Gasteiger partial charge in [-0.3, -0.25) is 4.99 Å². The zero-order valence-corrected chi connectivity index (χ0v) is 10.8. The van der Waals surface area contributed by atoms with E-state index in [1.165, 1.54) is 0 Å². The number of aliphatic imine (C=N–C) groups is 1. The van der Waals surface area contributed by atoms with Gasteiger partial charge >= 0.3 is 0 Å². The zero-order valence-electron chi connectivity index (χ0n) is 9.19. The lowest BCUT2D eigenvalue weighted by molar-refractivity contribution is 0.602. The first-order valence-electron chi connectivity index (χ1n) is 5.22. The standard InChI is InChI=1S/C9H18N2O2S2/c1-3-10-9(11-4-2)14-8-5-6-15(12,13)7-8/h8H,3-7H2,1-2H3,(H,10,11)/t8-/m0/s1. The summed E-state index contributed by atoms with van der Waals surface area (Å²) in [5.41, 5.74) is 0. The van der Waals surface area contributed by atoms with E-state index >= 15 is 0 Å². The van der Waals surface area contributed by atoms with Crippen molar-refractivity contribution < 1.29 is 8.42 Å². The summed E-state index contributed by atoms with van der Waals surface area (Å²) in [5.74, 6) is 0.627. The third-order valence-electron chi connectivity index (χ3n) is 2.10. The fraction of sp³-hybridized carbons (Fsp3) is 0.889. The molecule has 0 aromatic carbocycles. The molecule has 1 atom stereocenters. The van der Waals surface area contributed by atoms with Crippen LogP contribution < -0.4 is 5.32 Å². The monoisotopic (exact) mass is 250 g/mol. The van der Waals surface area contributed by atoms with Crippen LogP contribution in [0, 0.1) is 0 Å². The maximum absolute atomic E-state index is 11.3. The first kappa shape index (κ1) is 12.8. The summed E-state index contributed by atoms with van der Waals surface area (Å²) in [4.78, 5) is 4.30. The van der Waals surface area contributed by atoms with Crippen molar-refractivity contribution >= 4 is 26.8 Å². The van der Waals surface area contributed by atoms with Gasteiger partial charge in [0, 0.05) is 18.3 Å². The molecule has 1 aliphatic heterocycles. The number of thioether (sulfide) groups is 1. The molecule has 0 amide bonds. The van der Waals surface area contributed by atoms with Crippen molar-refractivity contribution in [2.75, 3.05) is 24.6 Å². The summed E-state index contributed by atoms with van der Waals surface area (Å²) in [5, 5.41) is 4.21. The topological polar surface area (TPSA) is 58.5 Å². The summed E-state index contributed by atoms with van der Waals surface area (Å²) >= 11 is 1.56. The third kappa shape index (κ3) is 4.42. The van der Waals surface area contributed by atoms with Crippen LogP contribution in [0.25, 0.3) is 0 Å². The Hall–Kier alpha value is -0.230. The van der Waals surface area contributed by atoms with Crippen LogP contribution in [0.1, 0.15) is 20.3 Å². The van der Waals surface area contributed by atoms with Gasteiger partial charge in [-0.25, -0.2) is 8.42 Å². The van der Waals surface area contributed by atoms with Gasteiger partial charge in [-0.2, -0.15) is 0 Å². The maximum Gasteiger partial charge on any atom is 0.156 e. The second kappa shape index (κ2) is 5.75. The minimum Gasteiger partial charge on any atom is -0.365 e. The number of sulfone groups is 1. The first-order chi connectivity index (χ1) is 7.07. The number of rotatable bonds is 3. The molecule has 6 heteroatoms. The predicted octanol–water partition coefficient (Wildman–Crippen LogP) is 0.892. The van der Waals surface area contributed by atoms with Gasteiger partial charge in [0.1, 0.15) is 0 Å². The fourth-order valence-electron chi connectivity index (χ4n) is 1.44. The van der Waals surface area contributed by atoms with Gasteiger partial charge in [-0.15, -0.1) is 0 Å². The fourth-order valence-corrected chi connectivity index (χ4v) is 5.01. The summed E-state index contributed by atoms with van der Waals surface area (Å²) in [6, 6.07) is 0. The van der Waals surface area contributed by atoms with Crippen molar-refractivity contribution in [2.24, 2.45) is 4.99 Å². The highest BCUT2D eigenvalue weighted by molar-refractivity contribution is 8.15. The van der Waals surface area contributed by atoms with Gasteiger partial charge in [0.25, 0.3) is 0 Å². The van der Waals surface area contributed by atoms with Crippen LogP contribution in [0.5, 0.6) is 0 Å². The van der Waals surface area contributed by atoms with Crippen LogP contribution in [0.3, 0.4) is 0 Å². The molecule has 1 fully saturated rings. The molecule has 4 nitrogen and oxygen atoms in total. The van der Waals surface area contributed by atoms with Crippen molar-refractivity contribution in [3.05, 3.63) is 0 Å². The van der Waals surface area contributed by atoms with E-state index in [9.17, 15) is 8.42 Å². The van der Waals surface area contributed by atoms with E-state index < -0.39 is 9.84 Å². The lowest BCUT2D eigenvalue weighted by Gasteiger charge is -2.10. The molecule has 1 aliphatic rings. The van der Waals surface area contributed by atoms with Gasteiger partial charge in [0.2, 0.25) is 0 Å². The second-order valence-corrected chi connectivity index (χ2v) is 6.97. The minimum atomic E-state index is -2.77. The van der Waals surface area contributed by atoms with E-state index in [0.29, 0.717) is 11.5 Å². The highest BCUT2D eigenvalue weighted by Crippen LogP contribution is 2.24. The van der Waals surface area contributed by atoms with Crippen molar-refractivity contribution in [2.45, 2.75) is 25.5 Å². The minimum absolute atomic E-state index is 0.180. The average Bonchev–Trinajstić information content (AvgIpc) is 2.46. The molecule has 88 valence electrons. The van der Waals surface area contributed by atoms with Crippen LogP contribution in [-0.4, -0.2) is 43.4 Å². The van der Waals surface area contributed by atoms with Gasteiger partial charge in [-0.1, -0.05) is 11.8 Å². The Morgan fingerprint density at radius 3 is 2.73 bits per heavy atom. The van der Waals surface area contributed by atoms with Crippen molar-refractivity contribution in [3.63, 3.8) is 0 Å². The molecule has 1 rings (SSSR count). The Balaban J connectivity index is 2.50. The lowest BCUT2D eigenvalue weighted by Crippen LogP contribution is -2.23. The number of hydrogen-bond donors (Lipinski definition) is 1. The quantitative estimate of drug-likeness (QED) is 0.597. The number of nitrogens with zero attached hydrogens (tertiary/aromatic N) is 1. The van der Waals surface area contributed by atoms with Crippen LogP contribution in [-0.2, 0) is 9.84 Å². The molecule has 0 saturated carbocycles. The van der Waals surface area contributed by atoms with Crippen LogP contribution in [0.4, 0.5) is 0 Å². The third-order valence-corrected chi connectivity index (χ3v) is 5.31. The highest BCUT2D eigenvalue weighted by atomic mass is 32.2. The van der Waals surface area contributed by atoms with E-state index in [4.69, 9.17) is 0 Å². The smallest absolute Gasteiger partial charge is 0.156 e. The van der Waals surface area contributed by atoms with E-state index in [1.54, 1.807) is 11.8 Å². The van der Waals surface area contributed by atoms with Crippen LogP contribution in [0.2, 0.25) is 0 Å². The molecule has 0 aromatic rings. The largest absolute Gasteiger partial charge is 0.365 e. The molecule has 1 heterocycles. The first-order valence-corrected chi connectivity index (χ1v) is 7.93.